The van der Waals surface area contributed by atoms with E-state index < -0.39 is 17.8 Å². The Labute approximate surface area is 137 Å². The number of benzene rings is 2. The molecule has 0 aliphatic carbocycles. The lowest BCUT2D eigenvalue weighted by molar-refractivity contribution is 0.0911. The second-order valence-electron chi connectivity index (χ2n) is 5.18. The molecule has 6 heteroatoms. The number of aromatic nitrogens is 1. The summed E-state index contributed by atoms with van der Waals surface area (Å²) in [4.78, 5) is 16.2. The third-order valence-electron chi connectivity index (χ3n) is 3.45. The van der Waals surface area contributed by atoms with E-state index in [1.807, 2.05) is 30.3 Å². The van der Waals surface area contributed by atoms with Crippen LogP contribution in [0, 0.1) is 5.82 Å². The zero-order valence-corrected chi connectivity index (χ0v) is 12.6. The SMILES string of the molecule is O=C(NC[C@H](O)c1cccc(F)c1)c1coc(-c2ccccc2)n1. The first-order valence-corrected chi connectivity index (χ1v) is 7.36. The maximum absolute atomic E-state index is 13.1. The van der Waals surface area contributed by atoms with Gasteiger partial charge in [-0.1, -0.05) is 30.3 Å². The fourth-order valence-corrected chi connectivity index (χ4v) is 2.20. The fraction of sp³-hybridized carbons (Fsp3) is 0.111. The van der Waals surface area contributed by atoms with Gasteiger partial charge in [-0.25, -0.2) is 9.37 Å². The van der Waals surface area contributed by atoms with Gasteiger partial charge in [-0.3, -0.25) is 4.79 Å². The molecule has 5 nitrogen and oxygen atoms in total. The minimum absolute atomic E-state index is 0.0597. The molecule has 2 aromatic carbocycles. The van der Waals surface area contributed by atoms with Gasteiger partial charge in [-0.05, 0) is 29.8 Å². The summed E-state index contributed by atoms with van der Waals surface area (Å²) in [5.74, 6) is -0.579. The van der Waals surface area contributed by atoms with Crippen LogP contribution in [0.5, 0.6) is 0 Å². The highest BCUT2D eigenvalue weighted by Crippen LogP contribution is 2.18. The number of nitrogens with one attached hydrogen (secondary N) is 1. The molecule has 0 radical (unpaired) electrons. The predicted octanol–water partition coefficient (Wildman–Crippen LogP) is 2.94. The Morgan fingerprint density at radius 1 is 1.21 bits per heavy atom. The van der Waals surface area contributed by atoms with Crippen LogP contribution in [0.4, 0.5) is 4.39 Å². The minimum Gasteiger partial charge on any atom is -0.444 e. The molecule has 0 aliphatic rings. The summed E-state index contributed by atoms with van der Waals surface area (Å²) in [6, 6.07) is 14.8. The van der Waals surface area contributed by atoms with Crippen molar-refractivity contribution in [2.45, 2.75) is 6.10 Å². The monoisotopic (exact) mass is 326 g/mol. The van der Waals surface area contributed by atoms with Crippen LogP contribution in [-0.4, -0.2) is 22.5 Å². The summed E-state index contributed by atoms with van der Waals surface area (Å²) in [5, 5.41) is 12.5. The van der Waals surface area contributed by atoms with Crippen LogP contribution in [0.15, 0.2) is 65.3 Å². The van der Waals surface area contributed by atoms with Crippen LogP contribution < -0.4 is 5.32 Å². The molecule has 0 saturated carbocycles. The van der Waals surface area contributed by atoms with Crippen molar-refractivity contribution in [3.05, 3.63) is 77.9 Å². The van der Waals surface area contributed by atoms with Gasteiger partial charge >= 0.3 is 0 Å². The molecule has 0 bridgehead atoms. The Morgan fingerprint density at radius 3 is 2.75 bits per heavy atom. The summed E-state index contributed by atoms with van der Waals surface area (Å²) in [6.45, 7) is -0.0597. The van der Waals surface area contributed by atoms with Gasteiger partial charge < -0.3 is 14.8 Å². The molecule has 2 N–H and O–H groups in total. The molecular formula is C18H15FN2O3. The van der Waals surface area contributed by atoms with Crippen molar-refractivity contribution in [2.75, 3.05) is 6.54 Å². The first-order valence-electron chi connectivity index (χ1n) is 7.36. The van der Waals surface area contributed by atoms with Crippen molar-refractivity contribution in [3.63, 3.8) is 0 Å². The van der Waals surface area contributed by atoms with E-state index in [-0.39, 0.29) is 12.2 Å². The van der Waals surface area contributed by atoms with E-state index in [0.29, 0.717) is 11.5 Å². The number of halogens is 1. The van der Waals surface area contributed by atoms with Crippen molar-refractivity contribution >= 4 is 5.91 Å². The first-order chi connectivity index (χ1) is 11.6. The van der Waals surface area contributed by atoms with E-state index in [1.54, 1.807) is 6.07 Å². The first kappa shape index (κ1) is 15.9. The highest BCUT2D eigenvalue weighted by atomic mass is 19.1. The molecule has 0 saturated heterocycles. The second-order valence-corrected chi connectivity index (χ2v) is 5.18. The van der Waals surface area contributed by atoms with Crippen LogP contribution >= 0.6 is 0 Å². The number of amides is 1. The summed E-state index contributed by atoms with van der Waals surface area (Å²) in [5.41, 5.74) is 1.26. The molecular weight excluding hydrogens is 311 g/mol. The number of carbonyl (C=O) groups excluding carboxylic acids is 1. The van der Waals surface area contributed by atoms with Crippen molar-refractivity contribution in [1.82, 2.24) is 10.3 Å². The van der Waals surface area contributed by atoms with Crippen molar-refractivity contribution in [1.29, 1.82) is 0 Å². The molecule has 0 unspecified atom stereocenters. The van der Waals surface area contributed by atoms with Gasteiger partial charge in [0.2, 0.25) is 5.89 Å². The molecule has 0 aliphatic heterocycles. The predicted molar refractivity (Wildman–Crippen MR) is 85.6 cm³/mol. The summed E-state index contributed by atoms with van der Waals surface area (Å²) in [7, 11) is 0. The Bertz CT molecular complexity index is 833. The van der Waals surface area contributed by atoms with Gasteiger partial charge in [0.25, 0.3) is 5.91 Å². The molecule has 24 heavy (non-hydrogen) atoms. The maximum Gasteiger partial charge on any atom is 0.273 e. The van der Waals surface area contributed by atoms with Crippen LogP contribution in [0.25, 0.3) is 11.5 Å². The number of nitrogens with zero attached hydrogens (tertiary/aromatic N) is 1. The zero-order chi connectivity index (χ0) is 16.9. The third-order valence-corrected chi connectivity index (χ3v) is 3.45. The Kier molecular flexibility index (Phi) is 4.67. The van der Waals surface area contributed by atoms with E-state index in [2.05, 4.69) is 10.3 Å². The number of oxazole rings is 1. The van der Waals surface area contributed by atoms with E-state index in [9.17, 15) is 14.3 Å². The van der Waals surface area contributed by atoms with E-state index in [0.717, 1.165) is 5.56 Å². The summed E-state index contributed by atoms with van der Waals surface area (Å²) in [6.07, 6.45) is 0.247. The molecule has 1 amide bonds. The number of carbonyl (C=O) groups is 1. The average Bonchev–Trinajstić information content (AvgIpc) is 3.10. The smallest absolute Gasteiger partial charge is 0.273 e. The molecule has 122 valence electrons. The second kappa shape index (κ2) is 7.06. The Balaban J connectivity index is 1.62. The van der Waals surface area contributed by atoms with Gasteiger partial charge in [-0.15, -0.1) is 0 Å². The van der Waals surface area contributed by atoms with Crippen LogP contribution in [-0.2, 0) is 0 Å². The van der Waals surface area contributed by atoms with E-state index in [4.69, 9.17) is 4.42 Å². The average molecular weight is 326 g/mol. The molecule has 1 aromatic heterocycles. The highest BCUT2D eigenvalue weighted by molar-refractivity contribution is 5.92. The fourth-order valence-electron chi connectivity index (χ4n) is 2.20. The van der Waals surface area contributed by atoms with Gasteiger partial charge in [-0.2, -0.15) is 0 Å². The standard InChI is InChI=1S/C18H15FN2O3/c19-14-8-4-7-13(9-14)16(22)10-20-17(23)15-11-24-18(21-15)12-5-2-1-3-6-12/h1-9,11,16,22H,10H2,(H,20,23)/t16-/m0/s1. The number of aliphatic hydroxyl groups excluding tert-OH is 1. The Hall–Kier alpha value is -2.99. The Morgan fingerprint density at radius 2 is 2.00 bits per heavy atom. The molecule has 1 atom stereocenters. The van der Waals surface area contributed by atoms with Crippen LogP contribution in [0.1, 0.15) is 22.2 Å². The molecule has 3 aromatic rings. The highest BCUT2D eigenvalue weighted by Gasteiger charge is 2.15. The topological polar surface area (TPSA) is 75.4 Å². The molecule has 1 heterocycles. The van der Waals surface area contributed by atoms with Crippen molar-refractivity contribution < 1.29 is 18.7 Å². The summed E-state index contributed by atoms with van der Waals surface area (Å²) >= 11 is 0. The molecule has 0 fully saturated rings. The van der Waals surface area contributed by atoms with E-state index >= 15 is 0 Å². The van der Waals surface area contributed by atoms with Crippen molar-refractivity contribution in [3.8, 4) is 11.5 Å². The lowest BCUT2D eigenvalue weighted by atomic mass is 10.1. The molecule has 0 spiro atoms. The van der Waals surface area contributed by atoms with Gasteiger partial charge in [0.05, 0.1) is 6.10 Å². The lowest BCUT2D eigenvalue weighted by Crippen LogP contribution is -2.28. The largest absolute Gasteiger partial charge is 0.444 e. The summed E-state index contributed by atoms with van der Waals surface area (Å²) < 4.78 is 18.4. The number of rotatable bonds is 5. The normalized spacial score (nSPS) is 11.9. The van der Waals surface area contributed by atoms with Crippen LogP contribution in [0.2, 0.25) is 0 Å². The number of hydrogen-bond acceptors (Lipinski definition) is 4. The van der Waals surface area contributed by atoms with Crippen molar-refractivity contribution in [2.24, 2.45) is 0 Å². The third kappa shape index (κ3) is 3.67. The van der Waals surface area contributed by atoms with Gasteiger partial charge in [0.15, 0.2) is 5.69 Å². The quantitative estimate of drug-likeness (QED) is 0.756. The number of aliphatic hydroxyl groups is 1. The van der Waals surface area contributed by atoms with Gasteiger partial charge in [0.1, 0.15) is 12.1 Å². The lowest BCUT2D eigenvalue weighted by Gasteiger charge is -2.11. The number of hydrogen-bond donors (Lipinski definition) is 2. The minimum atomic E-state index is -1.01. The molecule has 3 rings (SSSR count). The maximum atomic E-state index is 13.1. The zero-order valence-electron chi connectivity index (χ0n) is 12.6. The van der Waals surface area contributed by atoms with Gasteiger partial charge in [0, 0.05) is 12.1 Å². The van der Waals surface area contributed by atoms with Crippen LogP contribution in [0.3, 0.4) is 0 Å². The van der Waals surface area contributed by atoms with E-state index in [1.165, 1.54) is 24.5 Å².